The monoisotopic (exact) mass is 250 g/mol. The predicted molar refractivity (Wildman–Crippen MR) is 75.0 cm³/mol. The van der Waals surface area contributed by atoms with E-state index >= 15 is 0 Å². The van der Waals surface area contributed by atoms with E-state index in [0.29, 0.717) is 11.3 Å². The molecule has 0 fully saturated rings. The first-order valence-corrected chi connectivity index (χ1v) is 5.84. The fourth-order valence-electron chi connectivity index (χ4n) is 2.08. The summed E-state index contributed by atoms with van der Waals surface area (Å²) in [5, 5.41) is 11.3. The molecular formula is C15H10N2O2. The molecule has 0 atom stereocenters. The lowest BCUT2D eigenvalue weighted by molar-refractivity contribution is -0.374. The van der Waals surface area contributed by atoms with E-state index in [1.165, 1.54) is 0 Å². The van der Waals surface area contributed by atoms with Crippen molar-refractivity contribution in [2.45, 2.75) is 0 Å². The number of aliphatic imine (C=N–C) groups is 1. The maximum Gasteiger partial charge on any atom is 0.279 e. The summed E-state index contributed by atoms with van der Waals surface area (Å²) in [5.41, 5.74) is 2.89. The maximum atomic E-state index is 11.3. The number of benzene rings is 2. The Labute approximate surface area is 109 Å². The van der Waals surface area contributed by atoms with Gasteiger partial charge in [-0.15, -0.1) is 0 Å². The zero-order valence-electron chi connectivity index (χ0n) is 9.98. The molecule has 0 radical (unpaired) electrons. The Bertz CT molecular complexity index is 718. The molecule has 0 spiro atoms. The van der Waals surface area contributed by atoms with Crippen LogP contribution in [0.25, 0.3) is 11.8 Å². The number of fused-ring (bicyclic) bond motifs is 2. The number of rotatable bonds is 1. The summed E-state index contributed by atoms with van der Waals surface area (Å²) in [6.07, 6.45) is 3.33. The lowest BCUT2D eigenvalue weighted by Crippen LogP contribution is -2.01. The Morgan fingerprint density at radius 2 is 1.63 bits per heavy atom. The first kappa shape index (κ1) is 11.3. The van der Waals surface area contributed by atoms with Crippen LogP contribution in [0.4, 0.5) is 5.69 Å². The van der Waals surface area contributed by atoms with Gasteiger partial charge in [-0.05, 0) is 17.7 Å². The summed E-state index contributed by atoms with van der Waals surface area (Å²) in [6, 6.07) is 14.6. The first-order valence-electron chi connectivity index (χ1n) is 5.84. The van der Waals surface area contributed by atoms with E-state index in [1.807, 2.05) is 30.3 Å². The van der Waals surface area contributed by atoms with Crippen LogP contribution in [0.15, 0.2) is 53.5 Å². The number of nitrogens with zero attached hydrogens (tertiary/aromatic N) is 2. The van der Waals surface area contributed by atoms with Gasteiger partial charge in [0.2, 0.25) is 0 Å². The first-order chi connectivity index (χ1) is 9.25. The molecule has 1 aliphatic heterocycles. The van der Waals surface area contributed by atoms with Gasteiger partial charge in [0.25, 0.3) is 5.70 Å². The van der Waals surface area contributed by atoms with Crippen molar-refractivity contribution < 1.29 is 4.92 Å². The Kier molecular flexibility index (Phi) is 2.68. The highest BCUT2D eigenvalue weighted by molar-refractivity contribution is 5.94. The van der Waals surface area contributed by atoms with Crippen LogP contribution >= 0.6 is 0 Å². The highest BCUT2D eigenvalue weighted by Crippen LogP contribution is 2.30. The van der Waals surface area contributed by atoms with Gasteiger partial charge in [0.1, 0.15) is 0 Å². The SMILES string of the molecule is O=[N+]([O-])C1=Cc2ccccc2C=Nc2ccccc21. The third-order valence-corrected chi connectivity index (χ3v) is 3.01. The molecule has 4 heteroatoms. The van der Waals surface area contributed by atoms with E-state index in [4.69, 9.17) is 0 Å². The largest absolute Gasteiger partial charge is 0.279 e. The van der Waals surface area contributed by atoms with Crippen LogP contribution in [0, 0.1) is 10.1 Å². The lowest BCUT2D eigenvalue weighted by atomic mass is 10.0. The van der Waals surface area contributed by atoms with Crippen LogP contribution in [-0.2, 0) is 0 Å². The van der Waals surface area contributed by atoms with Crippen LogP contribution in [0.3, 0.4) is 0 Å². The Balaban J connectivity index is 2.30. The summed E-state index contributed by atoms with van der Waals surface area (Å²) in [4.78, 5) is 15.3. The molecule has 2 aromatic carbocycles. The fraction of sp³-hybridized carbons (Fsp3) is 0. The zero-order valence-corrected chi connectivity index (χ0v) is 9.98. The average molecular weight is 250 g/mol. The maximum absolute atomic E-state index is 11.3. The molecule has 0 N–H and O–H groups in total. The van der Waals surface area contributed by atoms with E-state index in [-0.39, 0.29) is 10.6 Å². The van der Waals surface area contributed by atoms with Crippen LogP contribution in [0.5, 0.6) is 0 Å². The smallest absolute Gasteiger partial charge is 0.258 e. The van der Waals surface area contributed by atoms with Crippen LogP contribution in [0.1, 0.15) is 16.7 Å². The minimum absolute atomic E-state index is 0.0694. The molecule has 2 aromatic rings. The molecule has 0 saturated carbocycles. The van der Waals surface area contributed by atoms with Gasteiger partial charge in [0.05, 0.1) is 16.2 Å². The Hall–Kier alpha value is -2.75. The third kappa shape index (κ3) is 2.04. The quantitative estimate of drug-likeness (QED) is 0.574. The number of para-hydroxylation sites is 1. The molecule has 0 saturated heterocycles. The highest BCUT2D eigenvalue weighted by atomic mass is 16.6. The van der Waals surface area contributed by atoms with Gasteiger partial charge in [0.15, 0.2) is 0 Å². The number of hydrogen-bond donors (Lipinski definition) is 0. The molecule has 0 amide bonds. The summed E-state index contributed by atoms with van der Waals surface area (Å²) in [5.74, 6) is 0. The molecular weight excluding hydrogens is 240 g/mol. The molecule has 0 aromatic heterocycles. The van der Waals surface area contributed by atoms with Crippen LogP contribution in [-0.4, -0.2) is 11.1 Å². The average Bonchev–Trinajstić information content (AvgIpc) is 2.41. The minimum atomic E-state index is -0.365. The fourth-order valence-corrected chi connectivity index (χ4v) is 2.08. The molecule has 0 aliphatic carbocycles. The molecule has 1 aliphatic rings. The van der Waals surface area contributed by atoms with Gasteiger partial charge in [-0.25, -0.2) is 0 Å². The van der Waals surface area contributed by atoms with E-state index in [2.05, 4.69) is 4.99 Å². The normalized spacial score (nSPS) is 12.7. The lowest BCUT2D eigenvalue weighted by Gasteiger charge is -2.08. The van der Waals surface area contributed by atoms with Gasteiger partial charge in [-0.3, -0.25) is 15.1 Å². The van der Waals surface area contributed by atoms with Gasteiger partial charge in [0, 0.05) is 17.9 Å². The Morgan fingerprint density at radius 3 is 2.42 bits per heavy atom. The van der Waals surface area contributed by atoms with Crippen molar-refractivity contribution in [3.63, 3.8) is 0 Å². The second-order valence-electron chi connectivity index (χ2n) is 4.19. The molecule has 0 bridgehead atoms. The van der Waals surface area contributed by atoms with Crippen LogP contribution in [0.2, 0.25) is 0 Å². The molecule has 3 rings (SSSR count). The minimum Gasteiger partial charge on any atom is -0.258 e. The second-order valence-corrected chi connectivity index (χ2v) is 4.19. The van der Waals surface area contributed by atoms with Crippen molar-refractivity contribution in [3.8, 4) is 0 Å². The van der Waals surface area contributed by atoms with Crippen molar-refractivity contribution in [1.82, 2.24) is 0 Å². The number of hydrogen-bond acceptors (Lipinski definition) is 3. The number of nitro groups is 1. The molecule has 4 nitrogen and oxygen atoms in total. The molecule has 1 heterocycles. The van der Waals surface area contributed by atoms with Crippen molar-refractivity contribution in [2.24, 2.45) is 4.99 Å². The third-order valence-electron chi connectivity index (χ3n) is 3.01. The summed E-state index contributed by atoms with van der Waals surface area (Å²) in [7, 11) is 0. The van der Waals surface area contributed by atoms with Crippen LogP contribution < -0.4 is 0 Å². The van der Waals surface area contributed by atoms with Gasteiger partial charge < -0.3 is 0 Å². The summed E-state index contributed by atoms with van der Waals surface area (Å²) >= 11 is 0. The van der Waals surface area contributed by atoms with E-state index in [9.17, 15) is 10.1 Å². The highest BCUT2D eigenvalue weighted by Gasteiger charge is 2.19. The van der Waals surface area contributed by atoms with E-state index in [1.54, 1.807) is 30.5 Å². The van der Waals surface area contributed by atoms with Crippen molar-refractivity contribution in [2.75, 3.05) is 0 Å². The molecule has 0 unspecified atom stereocenters. The van der Waals surface area contributed by atoms with Crippen molar-refractivity contribution in [3.05, 3.63) is 75.3 Å². The summed E-state index contributed by atoms with van der Waals surface area (Å²) in [6.45, 7) is 0. The Morgan fingerprint density at radius 1 is 0.947 bits per heavy atom. The van der Waals surface area contributed by atoms with E-state index in [0.717, 1.165) is 11.1 Å². The van der Waals surface area contributed by atoms with Gasteiger partial charge >= 0.3 is 0 Å². The van der Waals surface area contributed by atoms with Crippen molar-refractivity contribution >= 4 is 23.7 Å². The van der Waals surface area contributed by atoms with Gasteiger partial charge in [-0.1, -0.05) is 36.4 Å². The standard InChI is InChI=1S/C15H10N2O2/c18-17(19)15-9-11-5-1-2-6-12(11)10-16-14-8-4-3-7-13(14)15/h1-10H. The molecule has 92 valence electrons. The van der Waals surface area contributed by atoms with E-state index < -0.39 is 0 Å². The predicted octanol–water partition coefficient (Wildman–Crippen LogP) is 3.53. The summed E-state index contributed by atoms with van der Waals surface area (Å²) < 4.78 is 0. The topological polar surface area (TPSA) is 55.5 Å². The second kappa shape index (κ2) is 4.49. The van der Waals surface area contributed by atoms with Gasteiger partial charge in [-0.2, -0.15) is 0 Å². The molecule has 19 heavy (non-hydrogen) atoms. The zero-order chi connectivity index (χ0) is 13.2. The van der Waals surface area contributed by atoms with Crippen molar-refractivity contribution in [1.29, 1.82) is 0 Å².